The van der Waals surface area contributed by atoms with E-state index in [0.29, 0.717) is 24.9 Å². The number of rotatable bonds is 7. The first-order valence-corrected chi connectivity index (χ1v) is 14.5. The molecular weight excluding hydrogens is 448 g/mol. The van der Waals surface area contributed by atoms with Crippen LogP contribution in [0.3, 0.4) is 0 Å². The number of esters is 1. The van der Waals surface area contributed by atoms with Crippen LogP contribution in [0.4, 0.5) is 0 Å². The number of benzene rings is 1. The Hall–Kier alpha value is -1.39. The number of hydrogen-bond acceptors (Lipinski definition) is 4. The molecule has 202 valence electrons. The van der Waals surface area contributed by atoms with Gasteiger partial charge in [-0.25, -0.2) is 0 Å². The molecule has 4 aliphatic rings. The molecule has 4 heteroatoms. The van der Waals surface area contributed by atoms with E-state index in [1.54, 1.807) is 0 Å². The number of ether oxygens (including phenoxy) is 1. The van der Waals surface area contributed by atoms with E-state index >= 15 is 0 Å². The lowest BCUT2D eigenvalue weighted by Crippen LogP contribution is -2.50. The van der Waals surface area contributed by atoms with Crippen LogP contribution in [0.15, 0.2) is 30.3 Å². The summed E-state index contributed by atoms with van der Waals surface area (Å²) in [6, 6.07) is 10.00. The zero-order valence-corrected chi connectivity index (χ0v) is 23.6. The second-order valence-corrected chi connectivity index (χ2v) is 13.8. The predicted octanol–water partition coefficient (Wildman–Crippen LogP) is 6.92. The fourth-order valence-corrected chi connectivity index (χ4v) is 8.79. The summed E-state index contributed by atoms with van der Waals surface area (Å²) in [4.78, 5) is 13.7. The van der Waals surface area contributed by atoms with Gasteiger partial charge in [0.25, 0.3) is 0 Å². The maximum absolute atomic E-state index is 13.7. The smallest absolute Gasteiger partial charge is 0.312 e. The summed E-state index contributed by atoms with van der Waals surface area (Å²) >= 11 is 0. The average Bonchev–Trinajstić information content (AvgIpc) is 3.27. The Morgan fingerprint density at radius 1 is 0.972 bits per heavy atom. The van der Waals surface area contributed by atoms with Crippen molar-refractivity contribution in [1.82, 2.24) is 0 Å². The number of fused-ring (bicyclic) bond motifs is 4. The first-order valence-electron chi connectivity index (χ1n) is 14.5. The lowest BCUT2D eigenvalue weighted by molar-refractivity contribution is -0.163. The third kappa shape index (κ3) is 4.66. The Bertz CT molecular complexity index is 900. The van der Waals surface area contributed by atoms with E-state index in [2.05, 4.69) is 34.6 Å². The van der Waals surface area contributed by atoms with Crippen LogP contribution in [0.2, 0.25) is 0 Å². The molecule has 4 saturated carbocycles. The minimum Gasteiger partial charge on any atom is -0.460 e. The highest BCUT2D eigenvalue weighted by Gasteiger charge is 2.64. The van der Waals surface area contributed by atoms with Crippen molar-refractivity contribution in [2.24, 2.45) is 39.4 Å². The lowest BCUT2D eigenvalue weighted by Gasteiger charge is -2.56. The highest BCUT2D eigenvalue weighted by atomic mass is 16.5. The second-order valence-electron chi connectivity index (χ2n) is 13.8. The third-order valence-electron chi connectivity index (χ3n) is 11.6. The van der Waals surface area contributed by atoms with E-state index < -0.39 is 12.2 Å². The van der Waals surface area contributed by atoms with E-state index in [0.717, 1.165) is 56.9 Å². The van der Waals surface area contributed by atoms with Crippen LogP contribution in [-0.4, -0.2) is 28.4 Å². The minimum absolute atomic E-state index is 0.00664. The molecule has 2 bridgehead atoms. The molecule has 0 radical (unpaired) electrons. The fourth-order valence-electron chi connectivity index (χ4n) is 8.79. The summed E-state index contributed by atoms with van der Waals surface area (Å²) < 4.78 is 5.97. The molecule has 0 saturated heterocycles. The van der Waals surface area contributed by atoms with Gasteiger partial charge in [0.2, 0.25) is 0 Å². The highest BCUT2D eigenvalue weighted by molar-refractivity contribution is 5.77. The SMILES string of the molecule is CC[C@H](O)[C@H](O)[C@H](C)C1CC[C@@]2(C)C1C(C)(C)CCC1(C(=O)OCc3ccccc3)CCC2(C)CC1. The lowest BCUT2D eigenvalue weighted by atomic mass is 9.49. The summed E-state index contributed by atoms with van der Waals surface area (Å²) in [5.74, 6) is 0.860. The predicted molar refractivity (Wildman–Crippen MR) is 144 cm³/mol. The molecule has 5 rings (SSSR count). The van der Waals surface area contributed by atoms with Gasteiger partial charge >= 0.3 is 5.97 Å². The molecule has 2 unspecified atom stereocenters. The van der Waals surface area contributed by atoms with Crippen molar-refractivity contribution in [2.45, 2.75) is 118 Å². The minimum atomic E-state index is -0.686. The normalized spacial score (nSPS) is 38.2. The number of carbonyl (C=O) groups is 1. The molecule has 4 aliphatic carbocycles. The van der Waals surface area contributed by atoms with Crippen LogP contribution in [0.25, 0.3) is 0 Å². The van der Waals surface area contributed by atoms with Crippen molar-refractivity contribution < 1.29 is 19.7 Å². The van der Waals surface area contributed by atoms with E-state index in [1.165, 1.54) is 0 Å². The Morgan fingerprint density at radius 2 is 1.58 bits per heavy atom. The molecule has 4 nitrogen and oxygen atoms in total. The van der Waals surface area contributed by atoms with Crippen LogP contribution in [0.1, 0.15) is 105 Å². The Morgan fingerprint density at radius 3 is 2.19 bits per heavy atom. The first-order chi connectivity index (χ1) is 16.9. The van der Waals surface area contributed by atoms with E-state index in [-0.39, 0.29) is 33.5 Å². The Labute approximate surface area is 219 Å². The van der Waals surface area contributed by atoms with Gasteiger partial charge < -0.3 is 14.9 Å². The molecule has 36 heavy (non-hydrogen) atoms. The maximum Gasteiger partial charge on any atom is 0.312 e. The van der Waals surface area contributed by atoms with Crippen LogP contribution < -0.4 is 0 Å². The quantitative estimate of drug-likeness (QED) is 0.401. The molecule has 0 aliphatic heterocycles. The molecule has 0 amide bonds. The largest absolute Gasteiger partial charge is 0.460 e. The number of aliphatic hydroxyl groups excluding tert-OH is 2. The van der Waals surface area contributed by atoms with Crippen molar-refractivity contribution in [2.75, 3.05) is 0 Å². The number of hydrogen-bond donors (Lipinski definition) is 2. The standard InChI is InChI=1S/C32H50O4/c1-7-25(33)26(34)22(2)24-13-14-31(6)27(24)29(3,4)15-18-32(19-16-30(31,5)17-20-32)28(35)36-21-23-11-9-8-10-12-23/h8-12,22,24-27,33-34H,7,13-21H2,1-6H3/t22-,24?,25+,26-,27?,30?,31+,32?/m1/s1. The van der Waals surface area contributed by atoms with Gasteiger partial charge in [-0.2, -0.15) is 0 Å². The summed E-state index contributed by atoms with van der Waals surface area (Å²) in [7, 11) is 0. The van der Waals surface area contributed by atoms with Crippen molar-refractivity contribution in [3.8, 4) is 0 Å². The molecule has 6 atom stereocenters. The highest BCUT2D eigenvalue weighted by Crippen LogP contribution is 2.70. The van der Waals surface area contributed by atoms with Gasteiger partial charge in [0.15, 0.2) is 0 Å². The van der Waals surface area contributed by atoms with Gasteiger partial charge in [0.1, 0.15) is 6.61 Å². The molecule has 1 aromatic rings. The topological polar surface area (TPSA) is 66.8 Å². The van der Waals surface area contributed by atoms with E-state index in [4.69, 9.17) is 4.74 Å². The van der Waals surface area contributed by atoms with Gasteiger partial charge in [-0.05, 0) is 97.3 Å². The Balaban J connectivity index is 1.61. The van der Waals surface area contributed by atoms with Crippen LogP contribution >= 0.6 is 0 Å². The van der Waals surface area contributed by atoms with Crippen molar-refractivity contribution >= 4 is 5.97 Å². The third-order valence-corrected chi connectivity index (χ3v) is 11.6. The zero-order valence-electron chi connectivity index (χ0n) is 23.6. The zero-order chi connectivity index (χ0) is 26.4. The summed E-state index contributed by atoms with van der Waals surface area (Å²) in [6.45, 7) is 14.2. The van der Waals surface area contributed by atoms with Gasteiger partial charge in [-0.3, -0.25) is 4.79 Å². The van der Waals surface area contributed by atoms with Gasteiger partial charge in [0, 0.05) is 0 Å². The second kappa shape index (κ2) is 10.1. The summed E-state index contributed by atoms with van der Waals surface area (Å²) in [6.07, 6.45) is 7.28. The Kier molecular flexibility index (Phi) is 7.72. The van der Waals surface area contributed by atoms with Gasteiger partial charge in [-0.1, -0.05) is 71.9 Å². The van der Waals surface area contributed by atoms with Gasteiger partial charge in [-0.15, -0.1) is 0 Å². The molecule has 0 heterocycles. The molecule has 0 spiro atoms. The summed E-state index contributed by atoms with van der Waals surface area (Å²) in [5, 5.41) is 21.5. The van der Waals surface area contributed by atoms with Crippen molar-refractivity contribution in [3.05, 3.63) is 35.9 Å². The molecule has 2 N–H and O–H groups in total. The molecule has 0 aromatic heterocycles. The maximum atomic E-state index is 13.7. The number of aliphatic hydroxyl groups is 2. The van der Waals surface area contributed by atoms with Crippen LogP contribution in [0, 0.1) is 39.4 Å². The number of carbonyl (C=O) groups excluding carboxylic acids is 1. The van der Waals surface area contributed by atoms with E-state index in [1.807, 2.05) is 37.3 Å². The average molecular weight is 499 g/mol. The van der Waals surface area contributed by atoms with Crippen molar-refractivity contribution in [3.63, 3.8) is 0 Å². The molecular formula is C32H50O4. The molecule has 4 fully saturated rings. The summed E-state index contributed by atoms with van der Waals surface area (Å²) in [5.41, 5.74) is 0.988. The van der Waals surface area contributed by atoms with E-state index in [9.17, 15) is 15.0 Å². The first kappa shape index (κ1) is 27.6. The van der Waals surface area contributed by atoms with Crippen molar-refractivity contribution in [1.29, 1.82) is 0 Å². The molecule has 1 aromatic carbocycles. The van der Waals surface area contributed by atoms with Gasteiger partial charge in [0.05, 0.1) is 17.6 Å². The van der Waals surface area contributed by atoms with Crippen LogP contribution in [0.5, 0.6) is 0 Å². The fraction of sp³-hybridized carbons (Fsp3) is 0.781. The monoisotopic (exact) mass is 498 g/mol. The van der Waals surface area contributed by atoms with Crippen LogP contribution in [-0.2, 0) is 16.1 Å².